The molecule has 5 nitrogen and oxygen atoms in total. The highest BCUT2D eigenvalue weighted by molar-refractivity contribution is 8.13. The number of hydrogen-bond acceptors (Lipinski definition) is 4. The summed E-state index contributed by atoms with van der Waals surface area (Å²) in [6, 6.07) is 4.38. The zero-order valence-electron chi connectivity index (χ0n) is 12.3. The van der Waals surface area contributed by atoms with E-state index in [2.05, 4.69) is 5.32 Å². The average molecular weight is 334 g/mol. The largest absolute Gasteiger partial charge is 0.492 e. The van der Waals surface area contributed by atoms with Crippen LogP contribution in [0.15, 0.2) is 23.1 Å². The molecule has 0 fully saturated rings. The number of amides is 1. The van der Waals surface area contributed by atoms with Gasteiger partial charge in [0.1, 0.15) is 10.6 Å². The van der Waals surface area contributed by atoms with Crippen LogP contribution in [0.25, 0.3) is 0 Å². The first-order valence-corrected chi connectivity index (χ1v) is 9.12. The number of nitrogens with one attached hydrogen (secondary N) is 1. The van der Waals surface area contributed by atoms with E-state index >= 15 is 0 Å². The molecule has 0 aliphatic carbocycles. The standard InChI is InChI=1S/C14H20ClNO4S/c1-4-6-10(3)14(17)16-11-7-8-12(20-5-2)13(9-11)21(15,18)19/h7-10H,4-6H2,1-3H3,(H,16,17). The number of hydrogen-bond donors (Lipinski definition) is 1. The maximum atomic E-state index is 11.9. The highest BCUT2D eigenvalue weighted by Crippen LogP contribution is 2.30. The lowest BCUT2D eigenvalue weighted by Gasteiger charge is -2.13. The van der Waals surface area contributed by atoms with Gasteiger partial charge in [-0.15, -0.1) is 0 Å². The smallest absolute Gasteiger partial charge is 0.265 e. The van der Waals surface area contributed by atoms with E-state index < -0.39 is 9.05 Å². The molecule has 0 radical (unpaired) electrons. The van der Waals surface area contributed by atoms with Crippen LogP contribution in [-0.2, 0) is 13.8 Å². The van der Waals surface area contributed by atoms with E-state index in [1.807, 2.05) is 13.8 Å². The third-order valence-corrected chi connectivity index (χ3v) is 4.29. The van der Waals surface area contributed by atoms with E-state index in [4.69, 9.17) is 15.4 Å². The lowest BCUT2D eigenvalue weighted by Crippen LogP contribution is -2.20. The van der Waals surface area contributed by atoms with Gasteiger partial charge in [0.2, 0.25) is 5.91 Å². The first-order valence-electron chi connectivity index (χ1n) is 6.82. The molecule has 1 N–H and O–H groups in total. The van der Waals surface area contributed by atoms with Crippen LogP contribution < -0.4 is 10.1 Å². The molecule has 1 rings (SSSR count). The van der Waals surface area contributed by atoms with E-state index in [1.165, 1.54) is 12.1 Å². The minimum atomic E-state index is -3.95. The highest BCUT2D eigenvalue weighted by atomic mass is 35.7. The van der Waals surface area contributed by atoms with Crippen molar-refractivity contribution in [3.8, 4) is 5.75 Å². The van der Waals surface area contributed by atoms with Crippen LogP contribution >= 0.6 is 10.7 Å². The van der Waals surface area contributed by atoms with Gasteiger partial charge < -0.3 is 10.1 Å². The Hall–Kier alpha value is -1.27. The van der Waals surface area contributed by atoms with Gasteiger partial charge in [0.05, 0.1) is 6.61 Å². The number of rotatable bonds is 7. The maximum Gasteiger partial charge on any atom is 0.265 e. The third kappa shape index (κ3) is 5.21. The van der Waals surface area contributed by atoms with Gasteiger partial charge >= 0.3 is 0 Å². The van der Waals surface area contributed by atoms with Crippen molar-refractivity contribution in [3.63, 3.8) is 0 Å². The summed E-state index contributed by atoms with van der Waals surface area (Å²) in [4.78, 5) is 11.8. The minimum Gasteiger partial charge on any atom is -0.492 e. The van der Waals surface area contributed by atoms with Crippen LogP contribution in [0, 0.1) is 5.92 Å². The van der Waals surface area contributed by atoms with Gasteiger partial charge in [-0.3, -0.25) is 4.79 Å². The van der Waals surface area contributed by atoms with Crippen LogP contribution in [-0.4, -0.2) is 20.9 Å². The quantitative estimate of drug-likeness (QED) is 0.776. The average Bonchev–Trinajstić information content (AvgIpc) is 2.39. The molecular weight excluding hydrogens is 314 g/mol. The van der Waals surface area contributed by atoms with Crippen molar-refractivity contribution < 1.29 is 17.9 Å². The van der Waals surface area contributed by atoms with Crippen molar-refractivity contribution in [2.45, 2.75) is 38.5 Å². The Kier molecular flexibility index (Phi) is 6.48. The molecule has 0 saturated heterocycles. The summed E-state index contributed by atoms with van der Waals surface area (Å²) in [6.07, 6.45) is 1.67. The Morgan fingerprint density at radius 1 is 1.38 bits per heavy atom. The normalized spacial score (nSPS) is 12.8. The molecule has 118 valence electrons. The SMILES string of the molecule is CCCC(C)C(=O)Nc1ccc(OCC)c(S(=O)(=O)Cl)c1. The Morgan fingerprint density at radius 3 is 2.57 bits per heavy atom. The molecule has 1 unspecified atom stereocenters. The summed E-state index contributed by atoms with van der Waals surface area (Å²) < 4.78 is 28.4. The second kappa shape index (κ2) is 7.66. The van der Waals surface area contributed by atoms with Crippen LogP contribution in [0.4, 0.5) is 5.69 Å². The molecule has 7 heteroatoms. The molecule has 0 spiro atoms. The topological polar surface area (TPSA) is 72.5 Å². The van der Waals surface area contributed by atoms with E-state index in [-0.39, 0.29) is 22.5 Å². The fraction of sp³-hybridized carbons (Fsp3) is 0.500. The molecule has 0 aliphatic heterocycles. The number of halogens is 1. The van der Waals surface area contributed by atoms with Gasteiger partial charge in [0.15, 0.2) is 0 Å². The van der Waals surface area contributed by atoms with Crippen LogP contribution in [0.2, 0.25) is 0 Å². The Labute approximate surface area is 130 Å². The predicted octanol–water partition coefficient (Wildman–Crippen LogP) is 3.39. The molecule has 0 heterocycles. The van der Waals surface area contributed by atoms with Crippen molar-refractivity contribution in [2.24, 2.45) is 5.92 Å². The molecule has 21 heavy (non-hydrogen) atoms. The summed E-state index contributed by atoms with van der Waals surface area (Å²) in [5.74, 6) is -0.122. The van der Waals surface area contributed by atoms with Gasteiger partial charge in [0.25, 0.3) is 9.05 Å². The van der Waals surface area contributed by atoms with E-state index in [0.717, 1.165) is 12.8 Å². The zero-order valence-corrected chi connectivity index (χ0v) is 13.9. The Balaban J connectivity index is 3.03. The summed E-state index contributed by atoms with van der Waals surface area (Å²) in [7, 11) is 1.45. The van der Waals surface area contributed by atoms with Gasteiger partial charge in [-0.25, -0.2) is 8.42 Å². The second-order valence-corrected chi connectivity index (χ2v) is 7.25. The molecule has 1 amide bonds. The Bertz CT molecular complexity index is 601. The number of carbonyl (C=O) groups excluding carboxylic acids is 1. The molecule has 0 aromatic heterocycles. The second-order valence-electron chi connectivity index (χ2n) is 4.71. The monoisotopic (exact) mass is 333 g/mol. The van der Waals surface area contributed by atoms with E-state index in [1.54, 1.807) is 13.0 Å². The highest BCUT2D eigenvalue weighted by Gasteiger charge is 2.19. The van der Waals surface area contributed by atoms with Crippen molar-refractivity contribution in [2.75, 3.05) is 11.9 Å². The Morgan fingerprint density at radius 2 is 2.05 bits per heavy atom. The van der Waals surface area contributed by atoms with Crippen LogP contribution in [0.3, 0.4) is 0 Å². The number of benzene rings is 1. The minimum absolute atomic E-state index is 0.141. The molecule has 1 aromatic carbocycles. The fourth-order valence-corrected chi connectivity index (χ4v) is 2.88. The van der Waals surface area contributed by atoms with Gasteiger partial charge in [0, 0.05) is 22.3 Å². The predicted molar refractivity (Wildman–Crippen MR) is 83.4 cm³/mol. The summed E-state index contributed by atoms with van der Waals surface area (Å²) in [5, 5.41) is 2.69. The lowest BCUT2D eigenvalue weighted by atomic mass is 10.1. The molecule has 0 aliphatic rings. The van der Waals surface area contributed by atoms with Crippen molar-refractivity contribution in [1.29, 1.82) is 0 Å². The molecule has 0 bridgehead atoms. The maximum absolute atomic E-state index is 11.9. The summed E-state index contributed by atoms with van der Waals surface area (Å²) in [6.45, 7) is 5.89. The van der Waals surface area contributed by atoms with Gasteiger partial charge in [-0.1, -0.05) is 20.3 Å². The van der Waals surface area contributed by atoms with E-state index in [9.17, 15) is 13.2 Å². The van der Waals surface area contributed by atoms with Crippen molar-refractivity contribution >= 4 is 31.3 Å². The molecule has 1 atom stereocenters. The van der Waals surface area contributed by atoms with Gasteiger partial charge in [-0.2, -0.15) is 0 Å². The van der Waals surface area contributed by atoms with Crippen molar-refractivity contribution in [3.05, 3.63) is 18.2 Å². The summed E-state index contributed by atoms with van der Waals surface area (Å²) in [5.41, 5.74) is 0.380. The van der Waals surface area contributed by atoms with Crippen LogP contribution in [0.5, 0.6) is 5.75 Å². The lowest BCUT2D eigenvalue weighted by molar-refractivity contribution is -0.119. The number of carbonyl (C=O) groups is 1. The fourth-order valence-electron chi connectivity index (χ4n) is 1.88. The zero-order chi connectivity index (χ0) is 16.0. The molecule has 1 aromatic rings. The van der Waals surface area contributed by atoms with Gasteiger partial charge in [-0.05, 0) is 31.5 Å². The molecule has 0 saturated carbocycles. The first kappa shape index (κ1) is 17.8. The summed E-state index contributed by atoms with van der Waals surface area (Å²) >= 11 is 0. The molecular formula is C14H20ClNO4S. The van der Waals surface area contributed by atoms with Crippen LogP contribution in [0.1, 0.15) is 33.6 Å². The number of anilines is 1. The van der Waals surface area contributed by atoms with Crippen molar-refractivity contribution in [1.82, 2.24) is 0 Å². The van der Waals surface area contributed by atoms with E-state index in [0.29, 0.717) is 12.3 Å². The number of ether oxygens (including phenoxy) is 1. The first-order chi connectivity index (χ1) is 9.79. The third-order valence-electron chi connectivity index (χ3n) is 2.94.